The number of halogens is 1. The van der Waals surface area contributed by atoms with E-state index in [-0.39, 0.29) is 17.6 Å². The molecule has 7 heteroatoms. The second-order valence-corrected chi connectivity index (χ2v) is 7.95. The van der Waals surface area contributed by atoms with E-state index in [9.17, 15) is 9.18 Å². The Morgan fingerprint density at radius 1 is 1.00 bits per heavy atom. The molecule has 150 valence electrons. The Kier molecular flexibility index (Phi) is 4.66. The van der Waals surface area contributed by atoms with Crippen LogP contribution in [0.1, 0.15) is 47.8 Å². The zero-order valence-electron chi connectivity index (χ0n) is 16.3. The van der Waals surface area contributed by atoms with Gasteiger partial charge in [0.25, 0.3) is 5.91 Å². The first-order chi connectivity index (χ1) is 14.2. The average Bonchev–Trinajstić information content (AvgIpc) is 3.43. The lowest BCUT2D eigenvalue weighted by Gasteiger charge is -2.31. The number of likely N-dealkylation sites (tertiary alicyclic amines) is 1. The van der Waals surface area contributed by atoms with E-state index in [1.54, 1.807) is 12.1 Å². The topological polar surface area (TPSA) is 53.7 Å². The van der Waals surface area contributed by atoms with Crippen LogP contribution in [0.3, 0.4) is 0 Å². The second kappa shape index (κ2) is 7.46. The van der Waals surface area contributed by atoms with Gasteiger partial charge in [0.2, 0.25) is 0 Å². The molecule has 5 rings (SSSR count). The summed E-state index contributed by atoms with van der Waals surface area (Å²) in [6, 6.07) is 9.89. The molecule has 0 bridgehead atoms. The molecule has 0 unspecified atom stereocenters. The standard InChI is InChI=1S/C22H24FN5O/c23-18-7-5-16(6-8-18)22(29)27-13-3-4-17(14-27)21-24-20-10-9-19(15-28(20)25-21)26-11-1-2-12-26/h5-10,15,17H,1-4,11-14H2/t17-/m1/s1. The summed E-state index contributed by atoms with van der Waals surface area (Å²) in [6.07, 6.45) is 6.40. The van der Waals surface area contributed by atoms with Crippen molar-refractivity contribution < 1.29 is 9.18 Å². The van der Waals surface area contributed by atoms with E-state index in [2.05, 4.69) is 17.2 Å². The largest absolute Gasteiger partial charge is 0.370 e. The highest BCUT2D eigenvalue weighted by molar-refractivity contribution is 5.94. The van der Waals surface area contributed by atoms with Gasteiger partial charge in [0.05, 0.1) is 11.9 Å². The van der Waals surface area contributed by atoms with E-state index in [0.717, 1.165) is 37.4 Å². The number of pyridine rings is 1. The fraction of sp³-hybridized carbons (Fsp3) is 0.409. The molecule has 6 nitrogen and oxygen atoms in total. The van der Waals surface area contributed by atoms with Crippen molar-refractivity contribution in [2.24, 2.45) is 0 Å². The zero-order chi connectivity index (χ0) is 19.8. The first-order valence-electron chi connectivity index (χ1n) is 10.3. The third-order valence-electron chi connectivity index (χ3n) is 5.97. The predicted molar refractivity (Wildman–Crippen MR) is 109 cm³/mol. The van der Waals surface area contributed by atoms with Gasteiger partial charge in [0, 0.05) is 37.7 Å². The smallest absolute Gasteiger partial charge is 0.253 e. The van der Waals surface area contributed by atoms with E-state index in [1.165, 1.54) is 30.7 Å². The molecular formula is C22H24FN5O. The molecule has 3 aromatic rings. The minimum Gasteiger partial charge on any atom is -0.370 e. The Hall–Kier alpha value is -2.96. The quantitative estimate of drug-likeness (QED) is 0.684. The molecule has 2 aliphatic heterocycles. The number of benzene rings is 1. The van der Waals surface area contributed by atoms with Crippen LogP contribution in [0.25, 0.3) is 5.65 Å². The van der Waals surface area contributed by atoms with Crippen molar-refractivity contribution in [3.63, 3.8) is 0 Å². The number of hydrogen-bond acceptors (Lipinski definition) is 4. The number of rotatable bonds is 3. The maximum atomic E-state index is 13.2. The highest BCUT2D eigenvalue weighted by Gasteiger charge is 2.28. The molecule has 2 saturated heterocycles. The highest BCUT2D eigenvalue weighted by Crippen LogP contribution is 2.27. The van der Waals surface area contributed by atoms with Gasteiger partial charge in [-0.3, -0.25) is 4.79 Å². The average molecular weight is 393 g/mol. The summed E-state index contributed by atoms with van der Waals surface area (Å²) in [5.41, 5.74) is 2.54. The van der Waals surface area contributed by atoms with E-state index in [4.69, 9.17) is 10.1 Å². The molecule has 1 amide bonds. The number of amides is 1. The third-order valence-corrected chi connectivity index (χ3v) is 5.97. The minimum absolute atomic E-state index is 0.0604. The Bertz CT molecular complexity index is 1030. The summed E-state index contributed by atoms with van der Waals surface area (Å²) in [4.78, 5) is 21.7. The van der Waals surface area contributed by atoms with Crippen LogP contribution in [0.2, 0.25) is 0 Å². The van der Waals surface area contributed by atoms with Crippen LogP contribution in [0, 0.1) is 5.82 Å². The first kappa shape index (κ1) is 18.1. The van der Waals surface area contributed by atoms with Gasteiger partial charge in [-0.15, -0.1) is 0 Å². The lowest BCUT2D eigenvalue weighted by atomic mass is 9.96. The number of carbonyl (C=O) groups excluding carboxylic acids is 1. The number of hydrogen-bond donors (Lipinski definition) is 0. The van der Waals surface area contributed by atoms with Crippen molar-refractivity contribution in [1.82, 2.24) is 19.5 Å². The Morgan fingerprint density at radius 3 is 2.59 bits per heavy atom. The molecule has 2 aromatic heterocycles. The monoisotopic (exact) mass is 393 g/mol. The van der Waals surface area contributed by atoms with Gasteiger partial charge in [0.15, 0.2) is 11.5 Å². The SMILES string of the molecule is O=C(c1ccc(F)cc1)N1CCC[C@@H](c2nc3ccc(N4CCCC4)cn3n2)C1. The minimum atomic E-state index is -0.333. The summed E-state index contributed by atoms with van der Waals surface area (Å²) in [5, 5.41) is 4.74. The Labute approximate surface area is 168 Å². The third kappa shape index (κ3) is 3.57. The van der Waals surface area contributed by atoms with Gasteiger partial charge in [-0.05, 0) is 62.1 Å². The summed E-state index contributed by atoms with van der Waals surface area (Å²) >= 11 is 0. The molecule has 0 spiro atoms. The fourth-order valence-electron chi connectivity index (χ4n) is 4.37. The molecular weight excluding hydrogens is 369 g/mol. The van der Waals surface area contributed by atoms with E-state index in [0.29, 0.717) is 18.7 Å². The van der Waals surface area contributed by atoms with Crippen LogP contribution in [-0.2, 0) is 0 Å². The summed E-state index contributed by atoms with van der Waals surface area (Å²) < 4.78 is 15.0. The van der Waals surface area contributed by atoms with E-state index in [1.807, 2.05) is 15.5 Å². The number of nitrogens with zero attached hydrogens (tertiary/aromatic N) is 5. The number of carbonyl (C=O) groups is 1. The van der Waals surface area contributed by atoms with Crippen LogP contribution in [0.5, 0.6) is 0 Å². The molecule has 4 heterocycles. The number of fused-ring (bicyclic) bond motifs is 1. The molecule has 29 heavy (non-hydrogen) atoms. The molecule has 2 aliphatic rings. The Morgan fingerprint density at radius 2 is 1.79 bits per heavy atom. The van der Waals surface area contributed by atoms with E-state index < -0.39 is 0 Å². The second-order valence-electron chi connectivity index (χ2n) is 7.95. The van der Waals surface area contributed by atoms with Gasteiger partial charge >= 0.3 is 0 Å². The number of anilines is 1. The van der Waals surface area contributed by atoms with Crippen molar-refractivity contribution in [2.75, 3.05) is 31.1 Å². The highest BCUT2D eigenvalue weighted by atomic mass is 19.1. The molecule has 0 saturated carbocycles. The zero-order valence-corrected chi connectivity index (χ0v) is 16.3. The molecule has 1 aromatic carbocycles. The molecule has 0 aliphatic carbocycles. The van der Waals surface area contributed by atoms with Crippen LogP contribution < -0.4 is 4.90 Å². The lowest BCUT2D eigenvalue weighted by Crippen LogP contribution is -2.39. The molecule has 2 fully saturated rings. The molecule has 0 N–H and O–H groups in total. The normalized spacial score (nSPS) is 19.8. The first-order valence-corrected chi connectivity index (χ1v) is 10.3. The van der Waals surface area contributed by atoms with Crippen LogP contribution in [0.15, 0.2) is 42.6 Å². The van der Waals surface area contributed by atoms with Gasteiger partial charge in [-0.25, -0.2) is 13.9 Å². The summed E-state index contributed by atoms with van der Waals surface area (Å²) in [7, 11) is 0. The van der Waals surface area contributed by atoms with Crippen molar-refractivity contribution in [2.45, 2.75) is 31.6 Å². The van der Waals surface area contributed by atoms with Gasteiger partial charge in [-0.2, -0.15) is 5.10 Å². The van der Waals surface area contributed by atoms with Crippen LogP contribution in [0.4, 0.5) is 10.1 Å². The van der Waals surface area contributed by atoms with Gasteiger partial charge < -0.3 is 9.80 Å². The Balaban J connectivity index is 1.35. The van der Waals surface area contributed by atoms with E-state index >= 15 is 0 Å². The van der Waals surface area contributed by atoms with Crippen molar-refractivity contribution >= 4 is 17.2 Å². The summed E-state index contributed by atoms with van der Waals surface area (Å²) in [6.45, 7) is 3.48. The van der Waals surface area contributed by atoms with Gasteiger partial charge in [0.1, 0.15) is 5.82 Å². The predicted octanol–water partition coefficient (Wildman–Crippen LogP) is 3.49. The lowest BCUT2D eigenvalue weighted by molar-refractivity contribution is 0.0704. The van der Waals surface area contributed by atoms with Crippen molar-refractivity contribution in [3.8, 4) is 0 Å². The fourth-order valence-corrected chi connectivity index (χ4v) is 4.37. The van der Waals surface area contributed by atoms with Crippen molar-refractivity contribution in [3.05, 3.63) is 59.8 Å². The molecule has 0 radical (unpaired) electrons. The van der Waals surface area contributed by atoms with Crippen LogP contribution >= 0.6 is 0 Å². The summed E-state index contributed by atoms with van der Waals surface area (Å²) in [5.74, 6) is 0.513. The number of piperidine rings is 1. The van der Waals surface area contributed by atoms with Crippen molar-refractivity contribution in [1.29, 1.82) is 0 Å². The maximum absolute atomic E-state index is 13.2. The number of aromatic nitrogens is 3. The molecule has 1 atom stereocenters. The van der Waals surface area contributed by atoms with Gasteiger partial charge in [-0.1, -0.05) is 0 Å². The maximum Gasteiger partial charge on any atom is 0.253 e. The van der Waals surface area contributed by atoms with Crippen LogP contribution in [-0.4, -0.2) is 51.6 Å².